The number of rotatable bonds is 7. The first-order valence-electron chi connectivity index (χ1n) is 15.7. The van der Waals surface area contributed by atoms with Crippen molar-refractivity contribution in [2.45, 2.75) is 71.0 Å². The van der Waals surface area contributed by atoms with Crippen LogP contribution in [-0.4, -0.2) is 47.2 Å². The lowest BCUT2D eigenvalue weighted by atomic mass is 10.0. The van der Waals surface area contributed by atoms with Gasteiger partial charge in [-0.2, -0.15) is 0 Å². The van der Waals surface area contributed by atoms with Crippen LogP contribution in [0.1, 0.15) is 52.7 Å². The minimum atomic E-state index is -4.18. The number of hydrogen-bond acceptors (Lipinski definition) is 7. The van der Waals surface area contributed by atoms with E-state index in [0.717, 1.165) is 10.5 Å². The van der Waals surface area contributed by atoms with Crippen LogP contribution < -0.4 is 5.32 Å². The fraction of sp³-hybridized carbons (Fsp3) is 0.297. The molecule has 1 heterocycles. The van der Waals surface area contributed by atoms with Crippen LogP contribution in [0.3, 0.4) is 0 Å². The van der Waals surface area contributed by atoms with Gasteiger partial charge in [0.1, 0.15) is 11.2 Å². The van der Waals surface area contributed by atoms with E-state index in [1.807, 2.05) is 19.1 Å². The molecule has 0 fully saturated rings. The standard InChI is InChI=1S/C37H39Cl2N3O6S/c1-23-8-15-27(16-9-23)49(45,46)42-32-19-12-25(39)22-30(32)28-17-18-31(40-26-13-10-24(38)11-14-26)29(33(28)42)20-21-41(34(43)47-36(2,3)4)35(44)48-37(5,6)7/h8-19,22,40H,20-21H2,1-7H3. The first-order chi connectivity index (χ1) is 22.8. The number of nitrogens with one attached hydrogen (secondary N) is 1. The Morgan fingerprint density at radius 3 is 1.92 bits per heavy atom. The molecule has 4 aromatic carbocycles. The summed E-state index contributed by atoms with van der Waals surface area (Å²) in [4.78, 5) is 27.9. The molecular weight excluding hydrogens is 685 g/mol. The van der Waals surface area contributed by atoms with Crippen molar-refractivity contribution in [1.29, 1.82) is 0 Å². The molecule has 12 heteroatoms. The summed E-state index contributed by atoms with van der Waals surface area (Å²) in [5, 5.41) is 5.61. The lowest BCUT2D eigenvalue weighted by molar-refractivity contribution is 0.00171. The molecular formula is C37H39Cl2N3O6S. The Morgan fingerprint density at radius 2 is 1.35 bits per heavy atom. The van der Waals surface area contributed by atoms with Crippen LogP contribution in [0.15, 0.2) is 83.8 Å². The zero-order valence-electron chi connectivity index (χ0n) is 28.4. The van der Waals surface area contributed by atoms with Crippen LogP contribution in [0.4, 0.5) is 21.0 Å². The summed E-state index contributed by atoms with van der Waals surface area (Å²) in [7, 11) is -4.18. The average Bonchev–Trinajstić information content (AvgIpc) is 3.32. The van der Waals surface area contributed by atoms with Crippen LogP contribution in [0.2, 0.25) is 10.0 Å². The van der Waals surface area contributed by atoms with Crippen molar-refractivity contribution < 1.29 is 27.5 Å². The topological polar surface area (TPSA) is 107 Å². The third kappa shape index (κ3) is 8.15. The van der Waals surface area contributed by atoms with Crippen LogP contribution >= 0.6 is 23.2 Å². The van der Waals surface area contributed by atoms with E-state index in [2.05, 4.69) is 5.32 Å². The molecule has 2 amide bonds. The number of ether oxygens (including phenoxy) is 2. The van der Waals surface area contributed by atoms with Crippen molar-refractivity contribution in [2.75, 3.05) is 11.9 Å². The number of aryl methyl sites for hydroxylation is 1. The molecule has 5 aromatic rings. The number of carbonyl (C=O) groups is 2. The van der Waals surface area contributed by atoms with Gasteiger partial charge in [-0.3, -0.25) is 0 Å². The van der Waals surface area contributed by atoms with Crippen molar-refractivity contribution in [3.05, 3.63) is 100 Å². The number of nitrogens with zero attached hydrogens (tertiary/aromatic N) is 2. The van der Waals surface area contributed by atoms with E-state index >= 15 is 0 Å². The van der Waals surface area contributed by atoms with Crippen LogP contribution in [0.25, 0.3) is 21.8 Å². The van der Waals surface area contributed by atoms with Gasteiger partial charge in [0, 0.05) is 44.3 Å². The molecule has 0 aliphatic heterocycles. The zero-order chi connectivity index (χ0) is 35.9. The monoisotopic (exact) mass is 723 g/mol. The summed E-state index contributed by atoms with van der Waals surface area (Å²) < 4.78 is 41.7. The van der Waals surface area contributed by atoms with Gasteiger partial charge in [0.15, 0.2) is 0 Å². The molecule has 0 atom stereocenters. The molecule has 0 bridgehead atoms. The molecule has 0 saturated heterocycles. The van der Waals surface area contributed by atoms with Crippen LogP contribution in [0.5, 0.6) is 0 Å². The van der Waals surface area contributed by atoms with Crippen LogP contribution in [-0.2, 0) is 25.9 Å². The van der Waals surface area contributed by atoms with Crippen molar-refractivity contribution >= 4 is 78.6 Å². The molecule has 0 spiro atoms. The number of fused-ring (bicyclic) bond motifs is 3. The summed E-state index contributed by atoms with van der Waals surface area (Å²) in [5.74, 6) is 0. The second-order valence-electron chi connectivity index (χ2n) is 13.7. The number of benzene rings is 4. The molecule has 5 rings (SSSR count). The lowest BCUT2D eigenvalue weighted by Gasteiger charge is -2.29. The highest BCUT2D eigenvalue weighted by Crippen LogP contribution is 2.39. The Kier molecular flexibility index (Phi) is 9.98. The van der Waals surface area contributed by atoms with Crippen molar-refractivity contribution in [1.82, 2.24) is 8.87 Å². The Morgan fingerprint density at radius 1 is 0.776 bits per heavy atom. The van der Waals surface area contributed by atoms with Gasteiger partial charge in [-0.25, -0.2) is 26.9 Å². The number of aromatic nitrogens is 1. The molecule has 0 unspecified atom stereocenters. The van der Waals surface area contributed by atoms with E-state index in [1.54, 1.807) is 108 Å². The highest BCUT2D eigenvalue weighted by Gasteiger charge is 2.32. The predicted molar refractivity (Wildman–Crippen MR) is 196 cm³/mol. The van der Waals surface area contributed by atoms with E-state index in [9.17, 15) is 18.0 Å². The molecule has 1 aromatic heterocycles. The van der Waals surface area contributed by atoms with E-state index in [0.29, 0.717) is 48.8 Å². The fourth-order valence-corrected chi connectivity index (χ4v) is 7.20. The predicted octanol–water partition coefficient (Wildman–Crippen LogP) is 10.1. The average molecular weight is 725 g/mol. The number of carbonyl (C=O) groups excluding carboxylic acids is 2. The Labute approximate surface area is 296 Å². The molecule has 9 nitrogen and oxygen atoms in total. The van der Waals surface area contributed by atoms with Crippen molar-refractivity contribution in [2.24, 2.45) is 0 Å². The summed E-state index contributed by atoms with van der Waals surface area (Å²) in [6.07, 6.45) is -1.75. The van der Waals surface area contributed by atoms with E-state index in [1.165, 1.54) is 3.97 Å². The van der Waals surface area contributed by atoms with Gasteiger partial charge in [-0.1, -0.05) is 47.0 Å². The minimum Gasteiger partial charge on any atom is -0.443 e. The second-order valence-corrected chi connectivity index (χ2v) is 16.4. The Hall–Kier alpha value is -4.25. The highest BCUT2D eigenvalue weighted by atomic mass is 35.5. The first-order valence-corrected chi connectivity index (χ1v) is 17.9. The maximum Gasteiger partial charge on any atom is 0.419 e. The van der Waals surface area contributed by atoms with Gasteiger partial charge in [0.05, 0.1) is 15.9 Å². The lowest BCUT2D eigenvalue weighted by Crippen LogP contribution is -2.44. The van der Waals surface area contributed by atoms with Crippen molar-refractivity contribution in [3.8, 4) is 0 Å². The maximum absolute atomic E-state index is 14.6. The van der Waals surface area contributed by atoms with E-state index in [-0.39, 0.29) is 17.9 Å². The molecule has 1 N–H and O–H groups in total. The molecule has 49 heavy (non-hydrogen) atoms. The Bertz CT molecular complexity index is 2120. The summed E-state index contributed by atoms with van der Waals surface area (Å²) in [6.45, 7) is 11.9. The number of imide groups is 1. The summed E-state index contributed by atoms with van der Waals surface area (Å²) in [6, 6.07) is 22.4. The molecule has 0 aliphatic carbocycles. The van der Waals surface area contributed by atoms with Gasteiger partial charge in [0.25, 0.3) is 10.0 Å². The quantitative estimate of drug-likeness (QED) is 0.178. The van der Waals surface area contributed by atoms with E-state index in [4.69, 9.17) is 32.7 Å². The Balaban J connectivity index is 1.76. The second kappa shape index (κ2) is 13.6. The third-order valence-corrected chi connectivity index (χ3v) is 9.66. The number of halogens is 2. The first kappa shape index (κ1) is 36.0. The molecule has 0 radical (unpaired) electrons. The van der Waals surface area contributed by atoms with Gasteiger partial charge in [-0.05, 0) is 116 Å². The third-order valence-electron chi connectivity index (χ3n) is 7.45. The molecule has 0 aliphatic rings. The number of amides is 2. The summed E-state index contributed by atoms with van der Waals surface area (Å²) in [5.41, 5.74) is 1.66. The number of anilines is 2. The summed E-state index contributed by atoms with van der Waals surface area (Å²) >= 11 is 12.6. The van der Waals surface area contributed by atoms with Gasteiger partial charge < -0.3 is 14.8 Å². The van der Waals surface area contributed by atoms with Gasteiger partial charge >= 0.3 is 12.2 Å². The van der Waals surface area contributed by atoms with Crippen molar-refractivity contribution in [3.63, 3.8) is 0 Å². The smallest absolute Gasteiger partial charge is 0.419 e. The maximum atomic E-state index is 14.6. The van der Waals surface area contributed by atoms with E-state index < -0.39 is 33.4 Å². The molecule has 0 saturated carbocycles. The normalized spacial score (nSPS) is 12.3. The van der Waals surface area contributed by atoms with Gasteiger partial charge in [-0.15, -0.1) is 0 Å². The minimum absolute atomic E-state index is 0.0270. The van der Waals surface area contributed by atoms with Gasteiger partial charge in [0.2, 0.25) is 0 Å². The molecule has 258 valence electrons. The zero-order valence-corrected chi connectivity index (χ0v) is 30.8. The number of hydrogen-bond donors (Lipinski definition) is 1. The fourth-order valence-electron chi connectivity index (χ4n) is 5.35. The SMILES string of the molecule is Cc1ccc(S(=O)(=O)n2c3ccc(Cl)cc3c3ccc(Nc4ccc(Cl)cc4)c(CCN(C(=O)OC(C)(C)C)C(=O)OC(C)(C)C)c32)cc1. The largest absolute Gasteiger partial charge is 0.443 e. The van der Waals surface area contributed by atoms with Crippen LogP contribution in [0, 0.1) is 6.92 Å². The highest BCUT2D eigenvalue weighted by molar-refractivity contribution is 7.90.